The zero-order valence-corrected chi connectivity index (χ0v) is 15.8. The van der Waals surface area contributed by atoms with Crippen LogP contribution in [0.4, 0.5) is 17.5 Å². The van der Waals surface area contributed by atoms with Crippen LogP contribution in [0.1, 0.15) is 5.56 Å². The second-order valence-electron chi connectivity index (χ2n) is 6.08. The molecule has 136 valence electrons. The summed E-state index contributed by atoms with van der Waals surface area (Å²) >= 11 is 12.1. The Bertz CT molecular complexity index is 1060. The molecule has 0 aliphatic carbocycles. The van der Waals surface area contributed by atoms with Crippen molar-refractivity contribution in [2.75, 3.05) is 17.2 Å². The monoisotopic (exact) mass is 397 g/mol. The number of H-pyrrole nitrogens is 1. The van der Waals surface area contributed by atoms with Crippen molar-refractivity contribution in [2.45, 2.75) is 6.42 Å². The molecule has 4 rings (SSSR count). The fraction of sp³-hybridized carbons (Fsp3) is 0.100. The van der Waals surface area contributed by atoms with Crippen LogP contribution in [0.25, 0.3) is 10.9 Å². The summed E-state index contributed by atoms with van der Waals surface area (Å²) in [4.78, 5) is 12.0. The molecular formula is C20H17Cl2N5. The number of nitrogens with zero attached hydrogens (tertiary/aromatic N) is 2. The second kappa shape index (κ2) is 7.86. The molecule has 5 nitrogen and oxygen atoms in total. The second-order valence-corrected chi connectivity index (χ2v) is 6.96. The van der Waals surface area contributed by atoms with Crippen LogP contribution in [0.3, 0.4) is 0 Å². The maximum Gasteiger partial charge on any atom is 0.224 e. The molecule has 0 aliphatic rings. The van der Waals surface area contributed by atoms with Gasteiger partial charge in [-0.3, -0.25) is 0 Å². The highest BCUT2D eigenvalue weighted by Crippen LogP contribution is 2.25. The SMILES string of the molecule is Clc1cc(Cl)cc(Nc2ccnc(NCCc3c[nH]c4ccccc34)n2)c1. The normalized spacial score (nSPS) is 10.9. The number of aromatic amines is 1. The summed E-state index contributed by atoms with van der Waals surface area (Å²) in [6, 6.07) is 15.3. The van der Waals surface area contributed by atoms with E-state index < -0.39 is 0 Å². The van der Waals surface area contributed by atoms with E-state index in [1.165, 1.54) is 10.9 Å². The van der Waals surface area contributed by atoms with Gasteiger partial charge < -0.3 is 15.6 Å². The van der Waals surface area contributed by atoms with Crippen LogP contribution in [0.2, 0.25) is 10.0 Å². The Balaban J connectivity index is 1.40. The van der Waals surface area contributed by atoms with Gasteiger partial charge >= 0.3 is 0 Å². The third-order valence-electron chi connectivity index (χ3n) is 4.14. The van der Waals surface area contributed by atoms with Crippen molar-refractivity contribution in [3.8, 4) is 0 Å². The smallest absolute Gasteiger partial charge is 0.224 e. The van der Waals surface area contributed by atoms with Crippen LogP contribution >= 0.6 is 23.2 Å². The lowest BCUT2D eigenvalue weighted by Crippen LogP contribution is -2.08. The molecule has 0 spiro atoms. The Morgan fingerprint density at radius 2 is 1.81 bits per heavy atom. The maximum atomic E-state index is 6.03. The van der Waals surface area contributed by atoms with Gasteiger partial charge in [-0.1, -0.05) is 41.4 Å². The predicted molar refractivity (Wildman–Crippen MR) is 112 cm³/mol. The van der Waals surface area contributed by atoms with Gasteiger partial charge in [-0.2, -0.15) is 4.98 Å². The highest BCUT2D eigenvalue weighted by Gasteiger charge is 2.05. The largest absolute Gasteiger partial charge is 0.361 e. The molecule has 2 aromatic carbocycles. The third kappa shape index (κ3) is 4.32. The van der Waals surface area contributed by atoms with Crippen LogP contribution in [0.15, 0.2) is 60.9 Å². The van der Waals surface area contributed by atoms with E-state index in [0.717, 1.165) is 24.2 Å². The van der Waals surface area contributed by atoms with Gasteiger partial charge in [0.15, 0.2) is 0 Å². The average Bonchev–Trinajstić information content (AvgIpc) is 3.05. The Morgan fingerprint density at radius 3 is 2.67 bits per heavy atom. The molecule has 0 saturated heterocycles. The predicted octanol–water partition coefficient (Wildman–Crippen LogP) is 5.66. The fourth-order valence-corrected chi connectivity index (χ4v) is 3.46. The van der Waals surface area contributed by atoms with Crippen LogP contribution in [0, 0.1) is 0 Å². The van der Waals surface area contributed by atoms with Crippen molar-refractivity contribution < 1.29 is 0 Å². The van der Waals surface area contributed by atoms with Crippen molar-refractivity contribution in [1.29, 1.82) is 0 Å². The van der Waals surface area contributed by atoms with Gasteiger partial charge in [0.2, 0.25) is 5.95 Å². The molecule has 0 atom stereocenters. The van der Waals surface area contributed by atoms with E-state index in [1.807, 2.05) is 18.3 Å². The molecule has 0 bridgehead atoms. The summed E-state index contributed by atoms with van der Waals surface area (Å²) < 4.78 is 0. The number of rotatable bonds is 6. The first-order chi connectivity index (χ1) is 13.2. The van der Waals surface area contributed by atoms with E-state index in [0.29, 0.717) is 21.8 Å². The van der Waals surface area contributed by atoms with Crippen LogP contribution in [-0.4, -0.2) is 21.5 Å². The number of fused-ring (bicyclic) bond motifs is 1. The molecule has 0 aliphatic heterocycles. The number of aromatic nitrogens is 3. The van der Waals surface area contributed by atoms with Crippen molar-refractivity contribution in [2.24, 2.45) is 0 Å². The summed E-state index contributed by atoms with van der Waals surface area (Å²) in [5.74, 6) is 1.23. The average molecular weight is 398 g/mol. The maximum absolute atomic E-state index is 6.03. The van der Waals surface area contributed by atoms with Crippen molar-refractivity contribution >= 4 is 51.6 Å². The molecule has 0 amide bonds. The Hall–Kier alpha value is -2.76. The first kappa shape index (κ1) is 17.6. The summed E-state index contributed by atoms with van der Waals surface area (Å²) in [7, 11) is 0. The number of para-hydroxylation sites is 1. The van der Waals surface area contributed by atoms with Gasteiger partial charge in [-0.25, -0.2) is 4.98 Å². The van der Waals surface area contributed by atoms with Crippen molar-refractivity contribution in [3.63, 3.8) is 0 Å². The zero-order chi connectivity index (χ0) is 18.6. The van der Waals surface area contributed by atoms with E-state index >= 15 is 0 Å². The van der Waals surface area contributed by atoms with E-state index in [9.17, 15) is 0 Å². The molecule has 3 N–H and O–H groups in total. The Labute approximate surface area is 166 Å². The van der Waals surface area contributed by atoms with Gasteiger partial charge in [0.05, 0.1) is 0 Å². The minimum Gasteiger partial charge on any atom is -0.361 e. The molecule has 4 aromatic rings. The lowest BCUT2D eigenvalue weighted by Gasteiger charge is -2.09. The molecular weight excluding hydrogens is 381 g/mol. The molecule has 0 radical (unpaired) electrons. The van der Waals surface area contributed by atoms with Crippen LogP contribution < -0.4 is 10.6 Å². The molecule has 0 saturated carbocycles. The summed E-state index contributed by atoms with van der Waals surface area (Å²) in [5, 5.41) is 8.83. The molecule has 2 aromatic heterocycles. The molecule has 0 fully saturated rings. The molecule has 27 heavy (non-hydrogen) atoms. The summed E-state index contributed by atoms with van der Waals surface area (Å²) in [6.07, 6.45) is 4.62. The molecule has 0 unspecified atom stereocenters. The Kier molecular flexibility index (Phi) is 5.14. The van der Waals surface area contributed by atoms with E-state index in [4.69, 9.17) is 23.2 Å². The lowest BCUT2D eigenvalue weighted by molar-refractivity contribution is 0.991. The van der Waals surface area contributed by atoms with E-state index in [2.05, 4.69) is 37.7 Å². The molecule has 7 heteroatoms. The summed E-state index contributed by atoms with van der Waals surface area (Å²) in [5.41, 5.74) is 3.19. The number of hydrogen-bond donors (Lipinski definition) is 3. The van der Waals surface area contributed by atoms with Crippen molar-refractivity contribution in [1.82, 2.24) is 15.0 Å². The molecule has 2 heterocycles. The van der Waals surface area contributed by atoms with Crippen molar-refractivity contribution in [3.05, 3.63) is 76.5 Å². The van der Waals surface area contributed by atoms with Crippen LogP contribution in [0.5, 0.6) is 0 Å². The quantitative estimate of drug-likeness (QED) is 0.392. The topological polar surface area (TPSA) is 65.6 Å². The van der Waals surface area contributed by atoms with E-state index in [1.54, 1.807) is 30.5 Å². The van der Waals surface area contributed by atoms with Crippen LogP contribution in [-0.2, 0) is 6.42 Å². The lowest BCUT2D eigenvalue weighted by atomic mass is 10.1. The number of anilines is 3. The third-order valence-corrected chi connectivity index (χ3v) is 4.58. The highest BCUT2D eigenvalue weighted by molar-refractivity contribution is 6.35. The van der Waals surface area contributed by atoms with Gasteiger partial charge in [-0.05, 0) is 42.3 Å². The first-order valence-electron chi connectivity index (χ1n) is 8.52. The standard InChI is InChI=1S/C20H17Cl2N5/c21-14-9-15(22)11-16(10-14)26-19-6-8-24-20(27-19)23-7-5-13-12-25-18-4-2-1-3-17(13)18/h1-4,6,8-12,25H,5,7H2,(H2,23,24,26,27). The number of hydrogen-bond acceptors (Lipinski definition) is 4. The van der Waals surface area contributed by atoms with Gasteiger partial charge in [-0.15, -0.1) is 0 Å². The van der Waals surface area contributed by atoms with Gasteiger partial charge in [0, 0.05) is 45.6 Å². The Morgan fingerprint density at radius 1 is 1.00 bits per heavy atom. The van der Waals surface area contributed by atoms with Gasteiger partial charge in [0.1, 0.15) is 5.82 Å². The van der Waals surface area contributed by atoms with Gasteiger partial charge in [0.25, 0.3) is 0 Å². The summed E-state index contributed by atoms with van der Waals surface area (Å²) in [6.45, 7) is 0.730. The van der Waals surface area contributed by atoms with E-state index in [-0.39, 0.29) is 0 Å². The highest BCUT2D eigenvalue weighted by atomic mass is 35.5. The first-order valence-corrected chi connectivity index (χ1v) is 9.28. The minimum absolute atomic E-state index is 0.563. The number of halogens is 2. The zero-order valence-electron chi connectivity index (χ0n) is 14.3. The fourth-order valence-electron chi connectivity index (χ4n) is 2.93. The number of nitrogens with one attached hydrogen (secondary N) is 3. The number of benzene rings is 2. The minimum atomic E-state index is 0.563.